The van der Waals surface area contributed by atoms with Gasteiger partial charge in [-0.1, -0.05) is 22.0 Å². The van der Waals surface area contributed by atoms with Gasteiger partial charge in [-0.25, -0.2) is 9.37 Å². The summed E-state index contributed by atoms with van der Waals surface area (Å²) in [5.74, 6) is -0.229. The van der Waals surface area contributed by atoms with Gasteiger partial charge in [0.1, 0.15) is 10.8 Å². The highest BCUT2D eigenvalue weighted by Gasteiger charge is 2.10. The molecule has 2 nitrogen and oxygen atoms in total. The lowest BCUT2D eigenvalue weighted by Gasteiger charge is -2.15. The van der Waals surface area contributed by atoms with E-state index in [4.69, 9.17) is 0 Å². The minimum atomic E-state index is -0.229. The fourth-order valence-corrected chi connectivity index (χ4v) is 2.80. The lowest BCUT2D eigenvalue weighted by Crippen LogP contribution is -2.18. The van der Waals surface area contributed by atoms with E-state index in [1.54, 1.807) is 23.6 Å². The molecule has 0 radical (unpaired) electrons. The summed E-state index contributed by atoms with van der Waals surface area (Å²) in [6.07, 6.45) is 1.79. The first-order valence-electron chi connectivity index (χ1n) is 5.23. The van der Waals surface area contributed by atoms with Crippen molar-refractivity contribution in [2.75, 3.05) is 0 Å². The Kier molecular flexibility index (Phi) is 4.25. The Bertz CT molecular complexity index is 487. The Balaban J connectivity index is 2.01. The molecule has 1 atom stereocenters. The third-order valence-electron chi connectivity index (χ3n) is 2.47. The molecule has 17 heavy (non-hydrogen) atoms. The molecular formula is C12H12BrFN2S. The maximum Gasteiger partial charge on any atom is 0.124 e. The number of benzene rings is 1. The van der Waals surface area contributed by atoms with Crippen LogP contribution in [0.4, 0.5) is 4.39 Å². The number of nitrogens with one attached hydrogen (secondary N) is 1. The van der Waals surface area contributed by atoms with Gasteiger partial charge in [0.05, 0.1) is 0 Å². The molecule has 1 aromatic heterocycles. The van der Waals surface area contributed by atoms with Crippen molar-refractivity contribution in [3.63, 3.8) is 0 Å². The van der Waals surface area contributed by atoms with Crippen molar-refractivity contribution in [3.05, 3.63) is 50.6 Å². The summed E-state index contributed by atoms with van der Waals surface area (Å²) < 4.78 is 13.7. The molecule has 1 unspecified atom stereocenters. The Hall–Kier alpha value is -0.780. The van der Waals surface area contributed by atoms with Gasteiger partial charge in [0.25, 0.3) is 0 Å². The number of thiazole rings is 1. The van der Waals surface area contributed by atoms with E-state index in [-0.39, 0.29) is 11.9 Å². The lowest BCUT2D eigenvalue weighted by molar-refractivity contribution is 0.567. The summed E-state index contributed by atoms with van der Waals surface area (Å²) in [6.45, 7) is 2.77. The summed E-state index contributed by atoms with van der Waals surface area (Å²) in [5, 5.41) is 6.36. The molecule has 0 fully saturated rings. The SMILES string of the molecule is CC(NCc1nccs1)c1ccc(F)cc1Br. The van der Waals surface area contributed by atoms with Crippen LogP contribution in [0.1, 0.15) is 23.5 Å². The predicted octanol–water partition coefficient (Wildman–Crippen LogP) is 3.90. The van der Waals surface area contributed by atoms with E-state index in [0.717, 1.165) is 21.6 Å². The van der Waals surface area contributed by atoms with Crippen LogP contribution in [0, 0.1) is 5.82 Å². The highest BCUT2D eigenvalue weighted by molar-refractivity contribution is 9.10. The van der Waals surface area contributed by atoms with Gasteiger partial charge in [-0.2, -0.15) is 0 Å². The molecule has 1 heterocycles. The van der Waals surface area contributed by atoms with Gasteiger partial charge in [0.2, 0.25) is 0 Å². The number of halogens is 2. The monoisotopic (exact) mass is 314 g/mol. The van der Waals surface area contributed by atoms with Gasteiger partial charge in [0.15, 0.2) is 0 Å². The van der Waals surface area contributed by atoms with E-state index in [0.29, 0.717) is 0 Å². The quantitative estimate of drug-likeness (QED) is 0.926. The van der Waals surface area contributed by atoms with Crippen LogP contribution in [0.5, 0.6) is 0 Å². The smallest absolute Gasteiger partial charge is 0.124 e. The third-order valence-corrected chi connectivity index (χ3v) is 3.94. The highest BCUT2D eigenvalue weighted by atomic mass is 79.9. The number of hydrogen-bond acceptors (Lipinski definition) is 3. The highest BCUT2D eigenvalue weighted by Crippen LogP contribution is 2.24. The van der Waals surface area contributed by atoms with Crippen molar-refractivity contribution in [1.82, 2.24) is 10.3 Å². The third kappa shape index (κ3) is 3.34. The molecule has 2 rings (SSSR count). The molecule has 2 aromatic rings. The van der Waals surface area contributed by atoms with Gasteiger partial charge in [-0.3, -0.25) is 0 Å². The fraction of sp³-hybridized carbons (Fsp3) is 0.250. The predicted molar refractivity (Wildman–Crippen MR) is 71.5 cm³/mol. The molecule has 90 valence electrons. The molecule has 0 amide bonds. The summed E-state index contributed by atoms with van der Waals surface area (Å²) in [4.78, 5) is 4.20. The zero-order valence-corrected chi connectivity index (χ0v) is 11.7. The number of hydrogen-bond donors (Lipinski definition) is 1. The molecule has 0 bridgehead atoms. The lowest BCUT2D eigenvalue weighted by atomic mass is 10.1. The molecule has 1 N–H and O–H groups in total. The van der Waals surface area contributed by atoms with Gasteiger partial charge in [0, 0.05) is 28.6 Å². The molecule has 0 saturated carbocycles. The minimum Gasteiger partial charge on any atom is -0.304 e. The van der Waals surface area contributed by atoms with Gasteiger partial charge in [-0.15, -0.1) is 11.3 Å². The van der Waals surface area contributed by atoms with Crippen LogP contribution >= 0.6 is 27.3 Å². The molecular weight excluding hydrogens is 303 g/mol. The van der Waals surface area contributed by atoms with Crippen LogP contribution in [0.2, 0.25) is 0 Å². The second kappa shape index (κ2) is 5.71. The second-order valence-corrected chi connectivity index (χ2v) is 5.53. The molecule has 0 aliphatic heterocycles. The first-order chi connectivity index (χ1) is 8.16. The summed E-state index contributed by atoms with van der Waals surface area (Å²) >= 11 is 4.99. The molecule has 0 spiro atoms. The van der Waals surface area contributed by atoms with Gasteiger partial charge in [-0.05, 0) is 24.6 Å². The first-order valence-corrected chi connectivity index (χ1v) is 6.91. The Morgan fingerprint density at radius 1 is 1.53 bits per heavy atom. The van der Waals surface area contributed by atoms with E-state index in [1.807, 2.05) is 12.3 Å². The van der Waals surface area contributed by atoms with Gasteiger partial charge >= 0.3 is 0 Å². The average Bonchev–Trinajstić information content (AvgIpc) is 2.78. The molecule has 5 heteroatoms. The van der Waals surface area contributed by atoms with Crippen LogP contribution in [-0.2, 0) is 6.54 Å². The zero-order valence-electron chi connectivity index (χ0n) is 9.28. The first kappa shape index (κ1) is 12.7. The zero-order chi connectivity index (χ0) is 12.3. The molecule has 0 aliphatic carbocycles. The van der Waals surface area contributed by atoms with E-state index >= 15 is 0 Å². The Morgan fingerprint density at radius 3 is 3.00 bits per heavy atom. The van der Waals surface area contributed by atoms with Crippen molar-refractivity contribution >= 4 is 27.3 Å². The maximum atomic E-state index is 13.0. The van der Waals surface area contributed by atoms with Crippen molar-refractivity contribution in [1.29, 1.82) is 0 Å². The number of rotatable bonds is 4. The van der Waals surface area contributed by atoms with Crippen LogP contribution in [-0.4, -0.2) is 4.98 Å². The van der Waals surface area contributed by atoms with Crippen molar-refractivity contribution in [2.45, 2.75) is 19.5 Å². The second-order valence-electron chi connectivity index (χ2n) is 3.69. The van der Waals surface area contributed by atoms with Crippen molar-refractivity contribution in [2.24, 2.45) is 0 Å². The minimum absolute atomic E-state index is 0.147. The fourth-order valence-electron chi connectivity index (χ4n) is 1.54. The standard InChI is InChI=1S/C12H12BrFN2S/c1-8(16-7-12-15-4-5-17-12)10-3-2-9(14)6-11(10)13/h2-6,8,16H,7H2,1H3. The van der Waals surface area contributed by atoms with Gasteiger partial charge < -0.3 is 5.32 Å². The summed E-state index contributed by atoms with van der Waals surface area (Å²) in [6, 6.07) is 4.89. The van der Waals surface area contributed by atoms with E-state index in [1.165, 1.54) is 12.1 Å². The van der Waals surface area contributed by atoms with Crippen LogP contribution in [0.15, 0.2) is 34.2 Å². The Morgan fingerprint density at radius 2 is 2.35 bits per heavy atom. The summed E-state index contributed by atoms with van der Waals surface area (Å²) in [7, 11) is 0. The normalized spacial score (nSPS) is 12.6. The van der Waals surface area contributed by atoms with Crippen LogP contribution in [0.3, 0.4) is 0 Å². The van der Waals surface area contributed by atoms with Crippen molar-refractivity contribution < 1.29 is 4.39 Å². The largest absolute Gasteiger partial charge is 0.304 e. The van der Waals surface area contributed by atoms with E-state index < -0.39 is 0 Å². The van der Waals surface area contributed by atoms with Crippen LogP contribution < -0.4 is 5.32 Å². The number of aromatic nitrogens is 1. The van der Waals surface area contributed by atoms with E-state index in [9.17, 15) is 4.39 Å². The molecule has 0 saturated heterocycles. The van der Waals surface area contributed by atoms with Crippen molar-refractivity contribution in [3.8, 4) is 0 Å². The average molecular weight is 315 g/mol. The van der Waals surface area contributed by atoms with E-state index in [2.05, 4.69) is 26.2 Å². The topological polar surface area (TPSA) is 24.9 Å². The molecule has 1 aromatic carbocycles. The Labute approximate surface area is 112 Å². The maximum absolute atomic E-state index is 13.0. The van der Waals surface area contributed by atoms with Crippen LogP contribution in [0.25, 0.3) is 0 Å². The molecule has 0 aliphatic rings. The number of nitrogens with zero attached hydrogens (tertiary/aromatic N) is 1. The summed E-state index contributed by atoms with van der Waals surface area (Å²) in [5.41, 5.74) is 1.04.